The molecule has 1 atom stereocenters. The molecular weight excluding hydrogens is 350 g/mol. The van der Waals surface area contributed by atoms with E-state index in [0.29, 0.717) is 24.6 Å². The molecule has 3 fully saturated rings. The van der Waals surface area contributed by atoms with E-state index in [1.165, 1.54) is 25.0 Å². The smallest absolute Gasteiger partial charge is 0.223 e. The summed E-state index contributed by atoms with van der Waals surface area (Å²) in [4.78, 5) is 16.8. The van der Waals surface area contributed by atoms with Crippen molar-refractivity contribution in [3.05, 3.63) is 35.4 Å². The third kappa shape index (κ3) is 4.49. The number of likely N-dealkylation sites (tertiary alicyclic amines) is 2. The van der Waals surface area contributed by atoms with Gasteiger partial charge < -0.3 is 14.5 Å². The minimum Gasteiger partial charge on any atom is -0.377 e. The third-order valence-electron chi connectivity index (χ3n) is 6.35. The molecule has 3 aliphatic rings. The van der Waals surface area contributed by atoms with Crippen LogP contribution in [-0.2, 0) is 16.1 Å². The van der Waals surface area contributed by atoms with Crippen LogP contribution in [0.15, 0.2) is 18.2 Å². The van der Waals surface area contributed by atoms with E-state index in [4.69, 9.17) is 4.74 Å². The molecule has 0 radical (unpaired) electrons. The van der Waals surface area contributed by atoms with Gasteiger partial charge in [-0.3, -0.25) is 4.79 Å². The fourth-order valence-electron chi connectivity index (χ4n) is 4.83. The van der Waals surface area contributed by atoms with Crippen LogP contribution in [0.5, 0.6) is 0 Å². The van der Waals surface area contributed by atoms with Gasteiger partial charge in [-0.05, 0) is 68.3 Å². The van der Waals surface area contributed by atoms with Crippen molar-refractivity contribution in [2.75, 3.05) is 32.8 Å². The number of hydrogen-bond donors (Lipinski definition) is 0. The Morgan fingerprint density at radius 1 is 1.11 bits per heavy atom. The molecule has 1 aromatic rings. The summed E-state index contributed by atoms with van der Waals surface area (Å²) in [7, 11) is 0. The molecule has 0 saturated carbocycles. The van der Waals surface area contributed by atoms with Crippen molar-refractivity contribution in [2.45, 2.75) is 51.2 Å². The Bertz CT molecular complexity index is 663. The zero-order chi connectivity index (χ0) is 18.9. The molecule has 0 bridgehead atoms. The molecule has 148 valence electrons. The maximum absolute atomic E-state index is 13.4. The summed E-state index contributed by atoms with van der Waals surface area (Å²) in [6.45, 7) is 4.85. The minimum atomic E-state index is -0.593. The first-order chi connectivity index (χ1) is 13.0. The van der Waals surface area contributed by atoms with Crippen molar-refractivity contribution >= 4 is 5.91 Å². The second-order valence-electron chi connectivity index (χ2n) is 8.49. The van der Waals surface area contributed by atoms with Gasteiger partial charge in [-0.25, -0.2) is 8.78 Å². The topological polar surface area (TPSA) is 32.8 Å². The highest BCUT2D eigenvalue weighted by atomic mass is 19.1. The van der Waals surface area contributed by atoms with Gasteiger partial charge in [-0.15, -0.1) is 0 Å². The van der Waals surface area contributed by atoms with E-state index in [-0.39, 0.29) is 17.9 Å². The normalized spacial score (nSPS) is 26.1. The maximum Gasteiger partial charge on any atom is 0.223 e. The lowest BCUT2D eigenvalue weighted by Gasteiger charge is -2.40. The molecule has 3 heterocycles. The van der Waals surface area contributed by atoms with E-state index >= 15 is 0 Å². The minimum absolute atomic E-state index is 0.0207. The molecule has 4 nitrogen and oxygen atoms in total. The van der Waals surface area contributed by atoms with Gasteiger partial charge in [0.15, 0.2) is 0 Å². The molecule has 3 saturated heterocycles. The number of nitrogens with zero attached hydrogens (tertiary/aromatic N) is 2. The summed E-state index contributed by atoms with van der Waals surface area (Å²) in [6, 6.07) is 3.49. The van der Waals surface area contributed by atoms with Gasteiger partial charge in [-0.1, -0.05) is 0 Å². The molecular formula is C21H28F2N2O2. The van der Waals surface area contributed by atoms with E-state index in [1.54, 1.807) is 4.90 Å². The summed E-state index contributed by atoms with van der Waals surface area (Å²) in [5.41, 5.74) is 0.539. The fraction of sp³-hybridized carbons (Fsp3) is 0.667. The second kappa shape index (κ2) is 7.84. The Balaban J connectivity index is 1.32. The van der Waals surface area contributed by atoms with Gasteiger partial charge >= 0.3 is 0 Å². The molecule has 6 heteroatoms. The maximum atomic E-state index is 13.4. The molecule has 0 unspecified atom stereocenters. The Hall–Kier alpha value is -1.53. The van der Waals surface area contributed by atoms with Crippen LogP contribution in [-0.4, -0.2) is 54.6 Å². The van der Waals surface area contributed by atoms with Crippen LogP contribution in [0, 0.1) is 17.0 Å². The van der Waals surface area contributed by atoms with Crippen LogP contribution in [0.4, 0.5) is 8.78 Å². The van der Waals surface area contributed by atoms with E-state index in [0.717, 1.165) is 51.6 Å². The zero-order valence-electron chi connectivity index (χ0n) is 15.8. The first-order valence-electron chi connectivity index (χ1n) is 10.1. The van der Waals surface area contributed by atoms with Crippen LogP contribution < -0.4 is 0 Å². The van der Waals surface area contributed by atoms with Crippen molar-refractivity contribution in [1.82, 2.24) is 9.80 Å². The zero-order valence-corrected chi connectivity index (χ0v) is 15.8. The highest BCUT2D eigenvalue weighted by Crippen LogP contribution is 2.41. The first kappa shape index (κ1) is 18.8. The van der Waals surface area contributed by atoms with Gasteiger partial charge in [-0.2, -0.15) is 0 Å². The SMILES string of the molecule is O=C1CC2(CCN(C[C@H]3CCCCO3)CC2)CN1Cc1cc(F)cc(F)c1. The molecule has 0 N–H and O–H groups in total. The molecule has 0 aromatic heterocycles. The quantitative estimate of drug-likeness (QED) is 0.806. The van der Waals surface area contributed by atoms with Crippen LogP contribution >= 0.6 is 0 Å². The molecule has 1 spiro atoms. The number of ether oxygens (including phenoxy) is 1. The van der Waals surface area contributed by atoms with Gasteiger partial charge in [0.2, 0.25) is 5.91 Å². The van der Waals surface area contributed by atoms with Gasteiger partial charge in [0, 0.05) is 38.7 Å². The number of hydrogen-bond acceptors (Lipinski definition) is 3. The monoisotopic (exact) mass is 378 g/mol. The highest BCUT2D eigenvalue weighted by Gasteiger charge is 2.44. The van der Waals surface area contributed by atoms with E-state index < -0.39 is 11.6 Å². The number of benzene rings is 1. The van der Waals surface area contributed by atoms with E-state index in [9.17, 15) is 13.6 Å². The van der Waals surface area contributed by atoms with Crippen LogP contribution in [0.3, 0.4) is 0 Å². The number of rotatable bonds is 4. The molecule has 1 amide bonds. The number of halogens is 2. The lowest BCUT2D eigenvalue weighted by Crippen LogP contribution is -2.45. The predicted molar refractivity (Wildman–Crippen MR) is 98.1 cm³/mol. The highest BCUT2D eigenvalue weighted by molar-refractivity contribution is 5.79. The van der Waals surface area contributed by atoms with Crippen LogP contribution in [0.2, 0.25) is 0 Å². The van der Waals surface area contributed by atoms with Crippen molar-refractivity contribution < 1.29 is 18.3 Å². The number of carbonyl (C=O) groups excluding carboxylic acids is 1. The standard InChI is InChI=1S/C21H28F2N2O2/c22-17-9-16(10-18(23)11-17)13-25-15-21(12-20(25)26)4-6-24(7-5-21)14-19-3-1-2-8-27-19/h9-11,19H,1-8,12-15H2/t19-/m1/s1. The van der Waals surface area contributed by atoms with Gasteiger partial charge in [0.1, 0.15) is 11.6 Å². The fourth-order valence-corrected chi connectivity index (χ4v) is 4.83. The predicted octanol–water partition coefficient (Wildman–Crippen LogP) is 3.35. The first-order valence-corrected chi connectivity index (χ1v) is 10.1. The lowest BCUT2D eigenvalue weighted by atomic mass is 9.77. The van der Waals surface area contributed by atoms with Crippen LogP contribution in [0.1, 0.15) is 44.1 Å². The average Bonchev–Trinajstić information content (AvgIpc) is 2.92. The van der Waals surface area contributed by atoms with E-state index in [1.807, 2.05) is 0 Å². The largest absolute Gasteiger partial charge is 0.377 e. The van der Waals surface area contributed by atoms with Gasteiger partial charge in [0.05, 0.1) is 6.10 Å². The lowest BCUT2D eigenvalue weighted by molar-refractivity contribution is -0.128. The summed E-state index contributed by atoms with van der Waals surface area (Å²) in [5.74, 6) is -1.09. The Morgan fingerprint density at radius 2 is 1.85 bits per heavy atom. The van der Waals surface area contributed by atoms with Crippen molar-refractivity contribution in [2.24, 2.45) is 5.41 Å². The Morgan fingerprint density at radius 3 is 2.52 bits per heavy atom. The average molecular weight is 378 g/mol. The molecule has 0 aliphatic carbocycles. The number of piperidine rings is 1. The Kier molecular flexibility index (Phi) is 5.46. The summed E-state index contributed by atoms with van der Waals surface area (Å²) in [5, 5.41) is 0. The molecule has 27 heavy (non-hydrogen) atoms. The third-order valence-corrected chi connectivity index (χ3v) is 6.35. The summed E-state index contributed by atoms with van der Waals surface area (Å²) >= 11 is 0. The van der Waals surface area contributed by atoms with Crippen LogP contribution in [0.25, 0.3) is 0 Å². The number of carbonyl (C=O) groups is 1. The molecule has 3 aliphatic heterocycles. The second-order valence-corrected chi connectivity index (χ2v) is 8.49. The van der Waals surface area contributed by atoms with Crippen molar-refractivity contribution in [3.8, 4) is 0 Å². The molecule has 4 rings (SSSR count). The number of amides is 1. The summed E-state index contributed by atoms with van der Waals surface area (Å²) in [6.07, 6.45) is 6.49. The molecule has 1 aromatic carbocycles. The van der Waals surface area contributed by atoms with Crippen molar-refractivity contribution in [1.29, 1.82) is 0 Å². The van der Waals surface area contributed by atoms with Crippen molar-refractivity contribution in [3.63, 3.8) is 0 Å². The Labute approximate surface area is 159 Å². The van der Waals surface area contributed by atoms with Gasteiger partial charge in [0.25, 0.3) is 0 Å². The summed E-state index contributed by atoms with van der Waals surface area (Å²) < 4.78 is 32.7. The van der Waals surface area contributed by atoms with E-state index in [2.05, 4.69) is 4.90 Å².